The first-order valence-corrected chi connectivity index (χ1v) is 9.60. The number of piperidine rings is 1. The Morgan fingerprint density at radius 2 is 1.96 bits per heavy atom. The van der Waals surface area contributed by atoms with E-state index in [9.17, 15) is 4.39 Å². The maximum Gasteiger partial charge on any atom is 0.123 e. The Kier molecular flexibility index (Phi) is 4.73. The van der Waals surface area contributed by atoms with Crippen LogP contribution in [-0.4, -0.2) is 62.9 Å². The highest BCUT2D eigenvalue weighted by Crippen LogP contribution is 2.41. The number of halogens is 1. The van der Waals surface area contributed by atoms with Crippen molar-refractivity contribution in [2.24, 2.45) is 5.92 Å². The Morgan fingerprint density at radius 1 is 1.20 bits per heavy atom. The first-order valence-electron chi connectivity index (χ1n) is 9.60. The van der Waals surface area contributed by atoms with Gasteiger partial charge in [-0.1, -0.05) is 0 Å². The van der Waals surface area contributed by atoms with Crippen molar-refractivity contribution >= 4 is 5.69 Å². The van der Waals surface area contributed by atoms with Crippen LogP contribution in [0.1, 0.15) is 24.8 Å². The first-order chi connectivity index (χ1) is 12.0. The van der Waals surface area contributed by atoms with Gasteiger partial charge in [-0.15, -0.1) is 0 Å². The highest BCUT2D eigenvalue weighted by Gasteiger charge is 2.55. The van der Waals surface area contributed by atoms with E-state index in [-0.39, 0.29) is 5.82 Å². The maximum atomic E-state index is 13.3. The van der Waals surface area contributed by atoms with Crippen molar-refractivity contribution in [1.82, 2.24) is 10.2 Å². The largest absolute Gasteiger partial charge is 0.376 e. The molecule has 4 rings (SSSR count). The van der Waals surface area contributed by atoms with Gasteiger partial charge in [0.2, 0.25) is 0 Å². The average molecular weight is 347 g/mol. The van der Waals surface area contributed by atoms with Crippen molar-refractivity contribution in [3.63, 3.8) is 0 Å². The fourth-order valence-electron chi connectivity index (χ4n) is 5.05. The van der Waals surface area contributed by atoms with E-state index in [0.29, 0.717) is 30.1 Å². The number of ether oxygens (including phenoxy) is 1. The molecule has 5 heteroatoms. The summed E-state index contributed by atoms with van der Waals surface area (Å²) < 4.78 is 19.3. The second-order valence-electron chi connectivity index (χ2n) is 8.13. The minimum Gasteiger partial charge on any atom is -0.376 e. The molecular weight excluding hydrogens is 317 g/mol. The van der Waals surface area contributed by atoms with Gasteiger partial charge in [-0.2, -0.15) is 0 Å². The molecule has 1 aliphatic carbocycles. The molecule has 1 aromatic carbocycles. The van der Waals surface area contributed by atoms with Crippen molar-refractivity contribution in [2.75, 3.05) is 38.7 Å². The van der Waals surface area contributed by atoms with E-state index in [1.165, 1.54) is 12.1 Å². The molecule has 138 valence electrons. The van der Waals surface area contributed by atoms with Gasteiger partial charge in [-0.05, 0) is 64.0 Å². The van der Waals surface area contributed by atoms with Crippen LogP contribution in [0.5, 0.6) is 0 Å². The lowest BCUT2D eigenvalue weighted by atomic mass is 9.70. The summed E-state index contributed by atoms with van der Waals surface area (Å²) >= 11 is 0. The van der Waals surface area contributed by atoms with Crippen molar-refractivity contribution in [2.45, 2.75) is 50.4 Å². The molecule has 0 spiro atoms. The molecule has 25 heavy (non-hydrogen) atoms. The quantitative estimate of drug-likeness (QED) is 0.905. The summed E-state index contributed by atoms with van der Waals surface area (Å²) in [6.45, 7) is 4.99. The second-order valence-corrected chi connectivity index (χ2v) is 8.13. The zero-order valence-electron chi connectivity index (χ0n) is 15.5. The van der Waals surface area contributed by atoms with Crippen LogP contribution >= 0.6 is 0 Å². The molecule has 4 atom stereocenters. The zero-order chi connectivity index (χ0) is 17.6. The van der Waals surface area contributed by atoms with Crippen LogP contribution in [0.15, 0.2) is 18.2 Å². The molecule has 2 saturated heterocycles. The lowest BCUT2D eigenvalue weighted by molar-refractivity contribution is -0.0728. The van der Waals surface area contributed by atoms with Crippen LogP contribution in [0.2, 0.25) is 0 Å². The third kappa shape index (κ3) is 3.18. The normalized spacial score (nSPS) is 32.8. The summed E-state index contributed by atoms with van der Waals surface area (Å²) in [5.74, 6) is 0.538. The Hall–Kier alpha value is -1.17. The molecule has 0 amide bonds. The summed E-state index contributed by atoms with van der Waals surface area (Å²) in [5, 5.41) is 3.95. The van der Waals surface area contributed by atoms with Crippen molar-refractivity contribution in [1.29, 1.82) is 0 Å². The van der Waals surface area contributed by atoms with E-state index in [1.54, 1.807) is 12.1 Å². The van der Waals surface area contributed by atoms with Crippen molar-refractivity contribution in [3.05, 3.63) is 29.6 Å². The number of rotatable bonds is 4. The minimum absolute atomic E-state index is 0.147. The molecular formula is C20H30FN3O. The summed E-state index contributed by atoms with van der Waals surface area (Å²) in [4.78, 5) is 4.72. The van der Waals surface area contributed by atoms with E-state index >= 15 is 0 Å². The van der Waals surface area contributed by atoms with Gasteiger partial charge in [-0.25, -0.2) is 4.39 Å². The smallest absolute Gasteiger partial charge is 0.123 e. The zero-order valence-corrected chi connectivity index (χ0v) is 15.5. The van der Waals surface area contributed by atoms with Crippen LogP contribution in [-0.2, 0) is 4.74 Å². The Labute approximate surface area is 150 Å². The second kappa shape index (κ2) is 6.86. The number of likely N-dealkylation sites (N-methyl/N-ethyl adjacent to an activating group) is 1. The van der Waals surface area contributed by atoms with Gasteiger partial charge in [0.05, 0.1) is 12.1 Å². The van der Waals surface area contributed by atoms with Gasteiger partial charge in [0, 0.05) is 43.4 Å². The predicted molar refractivity (Wildman–Crippen MR) is 98.6 cm³/mol. The third-order valence-electron chi connectivity index (χ3n) is 6.37. The number of hydrogen-bond acceptors (Lipinski definition) is 4. The number of nitrogens with zero attached hydrogens (tertiary/aromatic N) is 2. The highest BCUT2D eigenvalue weighted by molar-refractivity contribution is 5.53. The topological polar surface area (TPSA) is 27.7 Å². The standard InChI is InChI=1S/C20H30FN3O/c1-13-12-14(21)4-5-17(13)24-9-6-15(7-10-24)22-18-16-8-11-25-20(16)19(18)23(2)3/h4-5,12,15-16,18-20,22H,6-11H2,1-3H3/t16-,18+,19-,20-/m1/s1. The predicted octanol–water partition coefficient (Wildman–Crippen LogP) is 2.41. The van der Waals surface area contributed by atoms with E-state index < -0.39 is 0 Å². The summed E-state index contributed by atoms with van der Waals surface area (Å²) in [6, 6.07) is 6.77. The molecule has 0 unspecified atom stereocenters. The number of hydrogen-bond donors (Lipinski definition) is 1. The fourth-order valence-corrected chi connectivity index (χ4v) is 5.05. The van der Waals surface area contributed by atoms with E-state index in [4.69, 9.17) is 4.74 Å². The molecule has 1 N–H and O–H groups in total. The van der Waals surface area contributed by atoms with Gasteiger partial charge in [-0.3, -0.25) is 0 Å². The molecule has 2 heterocycles. The third-order valence-corrected chi connectivity index (χ3v) is 6.37. The van der Waals surface area contributed by atoms with Crippen LogP contribution in [0.25, 0.3) is 0 Å². The lowest BCUT2D eigenvalue weighted by Gasteiger charge is -2.52. The fraction of sp³-hybridized carbons (Fsp3) is 0.700. The van der Waals surface area contributed by atoms with Crippen molar-refractivity contribution < 1.29 is 9.13 Å². The van der Waals surface area contributed by atoms with Gasteiger partial charge in [0.25, 0.3) is 0 Å². The number of anilines is 1. The van der Waals surface area contributed by atoms with Crippen LogP contribution in [0.4, 0.5) is 10.1 Å². The summed E-state index contributed by atoms with van der Waals surface area (Å²) in [6.07, 6.45) is 3.91. The summed E-state index contributed by atoms with van der Waals surface area (Å²) in [5.41, 5.74) is 2.21. The molecule has 0 aromatic heterocycles. The van der Waals surface area contributed by atoms with Gasteiger partial charge in [0.1, 0.15) is 5.82 Å². The molecule has 4 nitrogen and oxygen atoms in total. The minimum atomic E-state index is -0.147. The van der Waals surface area contributed by atoms with Gasteiger partial charge >= 0.3 is 0 Å². The van der Waals surface area contributed by atoms with Crippen LogP contribution in [0, 0.1) is 18.7 Å². The highest BCUT2D eigenvalue weighted by atomic mass is 19.1. The molecule has 0 radical (unpaired) electrons. The first kappa shape index (κ1) is 17.3. The molecule has 2 aliphatic heterocycles. The maximum absolute atomic E-state index is 13.3. The number of nitrogens with one attached hydrogen (secondary N) is 1. The summed E-state index contributed by atoms with van der Waals surface area (Å²) in [7, 11) is 4.33. The van der Waals surface area contributed by atoms with Crippen molar-refractivity contribution in [3.8, 4) is 0 Å². The lowest BCUT2D eigenvalue weighted by Crippen LogP contribution is -2.70. The molecule has 0 bridgehead atoms. The SMILES string of the molecule is Cc1cc(F)ccc1N1CCC(N[C@H]2[C@H]3CCO[C@H]3[C@@H]2N(C)C)CC1. The average Bonchev–Trinajstić information content (AvgIpc) is 2.96. The van der Waals surface area contributed by atoms with E-state index in [2.05, 4.69) is 29.2 Å². The molecule has 1 aromatic rings. The van der Waals surface area contributed by atoms with E-state index in [0.717, 1.165) is 38.1 Å². The molecule has 3 fully saturated rings. The Balaban J connectivity index is 1.34. The van der Waals surface area contributed by atoms with Crippen LogP contribution < -0.4 is 10.2 Å². The van der Waals surface area contributed by atoms with Crippen LogP contribution in [0.3, 0.4) is 0 Å². The Bertz CT molecular complexity index is 615. The number of benzene rings is 1. The Morgan fingerprint density at radius 3 is 2.64 bits per heavy atom. The number of fused-ring (bicyclic) bond motifs is 1. The molecule has 3 aliphatic rings. The molecule has 1 saturated carbocycles. The van der Waals surface area contributed by atoms with E-state index in [1.807, 2.05) is 13.0 Å². The van der Waals surface area contributed by atoms with Gasteiger partial charge < -0.3 is 19.9 Å². The number of aryl methyl sites for hydroxylation is 1. The van der Waals surface area contributed by atoms with Gasteiger partial charge in [0.15, 0.2) is 0 Å². The monoisotopic (exact) mass is 347 g/mol.